The Bertz CT molecular complexity index is 901. The molecular weight excluding hydrogens is 416 g/mol. The maximum atomic E-state index is 12.5. The van der Waals surface area contributed by atoms with Crippen LogP contribution in [0.25, 0.3) is 0 Å². The lowest BCUT2D eigenvalue weighted by molar-refractivity contribution is -0.226. The molecule has 5 heteroatoms. The first-order valence-electron chi connectivity index (χ1n) is 12.8. The monoisotopic (exact) mass is 460 g/mol. The minimum absolute atomic E-state index is 0.0461. The molecule has 2 bridgehead atoms. The van der Waals surface area contributed by atoms with Gasteiger partial charge in [0.15, 0.2) is 0 Å². The second kappa shape index (κ2) is 6.73. The molecular formula is C28H44O5. The van der Waals surface area contributed by atoms with Gasteiger partial charge in [-0.1, -0.05) is 60.6 Å². The summed E-state index contributed by atoms with van der Waals surface area (Å²) in [5.74, 6) is 0.808. The number of rotatable bonds is 4. The molecule has 0 radical (unpaired) electrons. The van der Waals surface area contributed by atoms with E-state index >= 15 is 0 Å². The van der Waals surface area contributed by atoms with Gasteiger partial charge in [0.2, 0.25) is 0 Å². The van der Waals surface area contributed by atoms with Crippen LogP contribution in [0.3, 0.4) is 0 Å². The predicted molar refractivity (Wildman–Crippen MR) is 127 cm³/mol. The molecule has 186 valence electrons. The first kappa shape index (κ1) is 24.0. The minimum atomic E-state index is -1.73. The van der Waals surface area contributed by atoms with Gasteiger partial charge in [0.25, 0.3) is 0 Å². The molecule has 5 aliphatic rings. The van der Waals surface area contributed by atoms with Crippen LogP contribution < -0.4 is 0 Å². The van der Waals surface area contributed by atoms with E-state index in [9.17, 15) is 20.4 Å². The molecule has 33 heavy (non-hydrogen) atoms. The van der Waals surface area contributed by atoms with E-state index < -0.39 is 29.3 Å². The highest BCUT2D eigenvalue weighted by Crippen LogP contribution is 2.73. The van der Waals surface area contributed by atoms with Crippen LogP contribution >= 0.6 is 0 Å². The summed E-state index contributed by atoms with van der Waals surface area (Å²) in [6.45, 7) is 17.7. The average Bonchev–Trinajstić information content (AvgIpc) is 3.37. The molecule has 5 rings (SSSR count). The Hall–Kier alpha value is -0.720. The molecule has 9 atom stereocenters. The van der Waals surface area contributed by atoms with Gasteiger partial charge in [-0.15, -0.1) is 0 Å². The number of hydrogen-bond donors (Lipinski definition) is 4. The van der Waals surface area contributed by atoms with Gasteiger partial charge in [0, 0.05) is 5.92 Å². The third-order valence-electron chi connectivity index (χ3n) is 11.9. The number of ether oxygens (including phenoxy) is 1. The van der Waals surface area contributed by atoms with Crippen LogP contribution in [-0.4, -0.2) is 57.6 Å². The van der Waals surface area contributed by atoms with Crippen molar-refractivity contribution in [2.24, 2.45) is 51.2 Å². The summed E-state index contributed by atoms with van der Waals surface area (Å²) in [4.78, 5) is 0. The maximum absolute atomic E-state index is 12.5. The van der Waals surface area contributed by atoms with Crippen molar-refractivity contribution < 1.29 is 25.2 Å². The third-order valence-corrected chi connectivity index (χ3v) is 11.9. The molecule has 0 heterocycles. The molecule has 3 fully saturated rings. The van der Waals surface area contributed by atoms with Gasteiger partial charge in [-0.05, 0) is 64.4 Å². The molecule has 9 unspecified atom stereocenters. The number of hydrogen-bond acceptors (Lipinski definition) is 5. The highest BCUT2D eigenvalue weighted by molar-refractivity contribution is 5.43. The van der Waals surface area contributed by atoms with Crippen LogP contribution in [0, 0.1) is 51.2 Å². The van der Waals surface area contributed by atoms with Crippen LogP contribution in [0.5, 0.6) is 0 Å². The predicted octanol–water partition coefficient (Wildman–Crippen LogP) is 3.31. The molecule has 1 spiro atoms. The SMILES string of the molecule is CC1=CC23C(C)CC4C(C(C=C(CO)C(O)C2(O)C1OCC1C(C)(C)C1(C)C)C3O)C4(C)C. The fourth-order valence-electron chi connectivity index (χ4n) is 8.92. The van der Waals surface area contributed by atoms with Gasteiger partial charge in [-0.2, -0.15) is 0 Å². The standard InChI is InChI=1S/C28H44O5/c1-14-11-27-15(2)9-18-20(24(18,3)4)17(22(27)31)10-16(12-29)21(30)28(27,32)23(14)33-13-19-25(5,6)26(19,7)8/h10-11,15,17-23,29-32H,9,12-13H2,1-8H3. The molecule has 0 amide bonds. The van der Waals surface area contributed by atoms with Crippen LogP contribution in [0.2, 0.25) is 0 Å². The highest BCUT2D eigenvalue weighted by Gasteiger charge is 2.76. The van der Waals surface area contributed by atoms with Crippen LogP contribution in [0.15, 0.2) is 23.3 Å². The molecule has 0 saturated heterocycles. The number of fused-ring (bicyclic) bond motifs is 3. The van der Waals surface area contributed by atoms with E-state index in [0.717, 1.165) is 12.0 Å². The van der Waals surface area contributed by atoms with Gasteiger partial charge < -0.3 is 25.2 Å². The van der Waals surface area contributed by atoms with E-state index in [-0.39, 0.29) is 40.6 Å². The normalized spacial score (nSPS) is 51.0. The van der Waals surface area contributed by atoms with Gasteiger partial charge in [0.1, 0.15) is 17.8 Å². The summed E-state index contributed by atoms with van der Waals surface area (Å²) >= 11 is 0. The smallest absolute Gasteiger partial charge is 0.136 e. The molecule has 0 aromatic heterocycles. The largest absolute Gasteiger partial charge is 0.392 e. The average molecular weight is 461 g/mol. The topological polar surface area (TPSA) is 90.2 Å². The number of aliphatic hydroxyl groups excluding tert-OH is 3. The molecule has 5 aliphatic carbocycles. The van der Waals surface area contributed by atoms with E-state index in [1.807, 2.05) is 19.1 Å². The van der Waals surface area contributed by atoms with Crippen molar-refractivity contribution in [3.8, 4) is 0 Å². The Labute approximate surface area is 198 Å². The van der Waals surface area contributed by atoms with E-state index in [1.54, 1.807) is 0 Å². The minimum Gasteiger partial charge on any atom is -0.392 e. The quantitative estimate of drug-likeness (QED) is 0.483. The fourth-order valence-corrected chi connectivity index (χ4v) is 8.92. The van der Waals surface area contributed by atoms with Crippen molar-refractivity contribution in [2.75, 3.05) is 13.2 Å². The Morgan fingerprint density at radius 1 is 1.06 bits per heavy atom. The van der Waals surface area contributed by atoms with Crippen LogP contribution in [0.4, 0.5) is 0 Å². The lowest BCUT2D eigenvalue weighted by Gasteiger charge is -2.52. The summed E-state index contributed by atoms with van der Waals surface area (Å²) in [6, 6.07) is 0. The van der Waals surface area contributed by atoms with Crippen molar-refractivity contribution in [1.29, 1.82) is 0 Å². The summed E-state index contributed by atoms with van der Waals surface area (Å²) in [5.41, 5.74) is -1.10. The summed E-state index contributed by atoms with van der Waals surface area (Å²) < 4.78 is 6.51. The highest BCUT2D eigenvalue weighted by atomic mass is 16.5. The zero-order valence-corrected chi connectivity index (χ0v) is 21.6. The number of aliphatic hydroxyl groups is 4. The zero-order valence-electron chi connectivity index (χ0n) is 21.6. The van der Waals surface area contributed by atoms with Gasteiger partial charge >= 0.3 is 0 Å². The molecule has 3 saturated carbocycles. The lowest BCUT2D eigenvalue weighted by Crippen LogP contribution is -2.66. The molecule has 0 aliphatic heterocycles. The Balaban J connectivity index is 1.58. The second-order valence-electron chi connectivity index (χ2n) is 13.8. The molecule has 4 N–H and O–H groups in total. The van der Waals surface area contributed by atoms with Crippen molar-refractivity contribution >= 4 is 0 Å². The second-order valence-corrected chi connectivity index (χ2v) is 13.8. The fraction of sp³-hybridized carbons (Fsp3) is 0.857. The Morgan fingerprint density at radius 3 is 2.21 bits per heavy atom. The Morgan fingerprint density at radius 2 is 1.67 bits per heavy atom. The molecule has 0 aromatic rings. The zero-order chi connectivity index (χ0) is 24.5. The van der Waals surface area contributed by atoms with Crippen molar-refractivity contribution in [1.82, 2.24) is 0 Å². The van der Waals surface area contributed by atoms with Crippen molar-refractivity contribution in [3.05, 3.63) is 23.3 Å². The van der Waals surface area contributed by atoms with Crippen LogP contribution in [0.1, 0.15) is 61.8 Å². The van der Waals surface area contributed by atoms with E-state index in [0.29, 0.717) is 24.0 Å². The molecule has 0 aromatic carbocycles. The van der Waals surface area contributed by atoms with Gasteiger partial charge in [-0.25, -0.2) is 0 Å². The summed E-state index contributed by atoms with van der Waals surface area (Å²) in [6.07, 6.45) is 1.91. The molecule has 5 nitrogen and oxygen atoms in total. The van der Waals surface area contributed by atoms with E-state index in [1.165, 1.54) is 0 Å². The van der Waals surface area contributed by atoms with E-state index in [2.05, 4.69) is 48.5 Å². The maximum Gasteiger partial charge on any atom is 0.136 e. The first-order chi connectivity index (χ1) is 15.1. The van der Waals surface area contributed by atoms with E-state index in [4.69, 9.17) is 4.74 Å². The first-order valence-corrected chi connectivity index (χ1v) is 12.8. The summed E-state index contributed by atoms with van der Waals surface area (Å²) in [7, 11) is 0. The van der Waals surface area contributed by atoms with Gasteiger partial charge in [0.05, 0.1) is 24.7 Å². The van der Waals surface area contributed by atoms with Crippen LogP contribution in [-0.2, 0) is 4.74 Å². The third kappa shape index (κ3) is 2.61. The lowest BCUT2D eigenvalue weighted by atomic mass is 9.58. The van der Waals surface area contributed by atoms with Gasteiger partial charge in [-0.3, -0.25) is 0 Å². The summed E-state index contributed by atoms with van der Waals surface area (Å²) in [5, 5.41) is 46.4. The van der Waals surface area contributed by atoms with Crippen molar-refractivity contribution in [3.63, 3.8) is 0 Å². The van der Waals surface area contributed by atoms with Crippen molar-refractivity contribution in [2.45, 2.75) is 85.7 Å². The Kier molecular flexibility index (Phi) is 4.89.